The number of carbonyl (C=O) groups is 1. The SMILES string of the molecule is COc1cc(OC)cc([C@@H]2c3cc4c(cc3[C@@H](O[C@@H]3O[C@@H]5CO[C@@H](C)O[C@H]5[C@H](O)[C@H]3O)[C@H]3COC(=O)[C@H]23)OCO4)c1. The molecule has 0 saturated carbocycles. The average Bonchev–Trinajstić information content (AvgIpc) is 3.60. The number of ether oxygens (including phenoxy) is 9. The quantitative estimate of drug-likeness (QED) is 0.503. The molecular weight excluding hydrogens is 540 g/mol. The van der Waals surface area contributed by atoms with Gasteiger partial charge in [-0.05, 0) is 47.9 Å². The largest absolute Gasteiger partial charge is 0.497 e. The lowest BCUT2D eigenvalue weighted by atomic mass is 9.66. The van der Waals surface area contributed by atoms with Crippen molar-refractivity contribution in [3.05, 3.63) is 47.0 Å². The molecule has 10 atom stereocenters. The van der Waals surface area contributed by atoms with Crippen LogP contribution in [0.2, 0.25) is 0 Å². The van der Waals surface area contributed by atoms with Crippen LogP contribution in [0.5, 0.6) is 23.0 Å². The number of cyclic esters (lactones) is 1. The van der Waals surface area contributed by atoms with Gasteiger partial charge in [0.05, 0.1) is 39.5 Å². The summed E-state index contributed by atoms with van der Waals surface area (Å²) in [5.74, 6) is 0.353. The zero-order valence-corrected chi connectivity index (χ0v) is 22.8. The number of methoxy groups -OCH3 is 2. The van der Waals surface area contributed by atoms with Crippen molar-refractivity contribution < 1.29 is 57.6 Å². The molecule has 4 heterocycles. The number of hydrogen-bond donors (Lipinski definition) is 2. The van der Waals surface area contributed by atoms with E-state index in [1.54, 1.807) is 27.2 Å². The van der Waals surface area contributed by atoms with Crippen LogP contribution < -0.4 is 18.9 Å². The highest BCUT2D eigenvalue weighted by atomic mass is 16.8. The average molecular weight is 573 g/mol. The van der Waals surface area contributed by atoms with E-state index in [-0.39, 0.29) is 26.0 Å². The Kier molecular flexibility index (Phi) is 6.72. The van der Waals surface area contributed by atoms with Crippen molar-refractivity contribution in [2.45, 2.75) is 55.9 Å². The van der Waals surface area contributed by atoms with E-state index in [4.69, 9.17) is 42.6 Å². The Hall–Kier alpha value is -3.13. The minimum atomic E-state index is -1.41. The highest BCUT2D eigenvalue weighted by molar-refractivity contribution is 5.78. The summed E-state index contributed by atoms with van der Waals surface area (Å²) in [5.41, 5.74) is 2.31. The Morgan fingerprint density at radius 3 is 2.27 bits per heavy atom. The highest BCUT2D eigenvalue weighted by Crippen LogP contribution is 2.56. The topological polar surface area (TPSA) is 141 Å². The fraction of sp³-hybridized carbons (Fsp3) is 0.552. The second-order valence-electron chi connectivity index (χ2n) is 10.9. The van der Waals surface area contributed by atoms with Gasteiger partial charge in [0.2, 0.25) is 6.79 Å². The van der Waals surface area contributed by atoms with Gasteiger partial charge in [-0.3, -0.25) is 4.79 Å². The van der Waals surface area contributed by atoms with Gasteiger partial charge in [0.1, 0.15) is 35.9 Å². The first-order valence-electron chi connectivity index (χ1n) is 13.6. The summed E-state index contributed by atoms with van der Waals surface area (Å²) in [6.07, 6.45) is -6.59. The van der Waals surface area contributed by atoms with E-state index < -0.39 is 60.9 Å². The Bertz CT molecular complexity index is 1310. The number of fused-ring (bicyclic) bond motifs is 4. The monoisotopic (exact) mass is 572 g/mol. The first-order valence-corrected chi connectivity index (χ1v) is 13.6. The molecule has 0 radical (unpaired) electrons. The van der Waals surface area contributed by atoms with Crippen molar-refractivity contribution in [3.8, 4) is 23.0 Å². The summed E-state index contributed by atoms with van der Waals surface area (Å²) in [6.45, 7) is 2.05. The molecule has 0 unspecified atom stereocenters. The van der Waals surface area contributed by atoms with Crippen molar-refractivity contribution >= 4 is 5.97 Å². The fourth-order valence-corrected chi connectivity index (χ4v) is 6.65. The first-order chi connectivity index (χ1) is 19.9. The van der Waals surface area contributed by atoms with Crippen molar-refractivity contribution in [2.75, 3.05) is 34.2 Å². The number of carbonyl (C=O) groups excluding carboxylic acids is 1. The molecule has 0 bridgehead atoms. The molecule has 12 heteroatoms. The van der Waals surface area contributed by atoms with E-state index in [9.17, 15) is 15.0 Å². The number of rotatable bonds is 5. The molecular formula is C29H32O12. The Morgan fingerprint density at radius 1 is 0.854 bits per heavy atom. The summed E-state index contributed by atoms with van der Waals surface area (Å²) >= 11 is 0. The summed E-state index contributed by atoms with van der Waals surface area (Å²) < 4.78 is 51.9. The van der Waals surface area contributed by atoms with Gasteiger partial charge in [-0.2, -0.15) is 0 Å². The smallest absolute Gasteiger partial charge is 0.310 e. The zero-order chi connectivity index (χ0) is 28.4. The van der Waals surface area contributed by atoms with E-state index in [0.717, 1.165) is 16.7 Å². The van der Waals surface area contributed by atoms with Gasteiger partial charge in [-0.1, -0.05) is 0 Å². The van der Waals surface area contributed by atoms with Crippen molar-refractivity contribution in [1.29, 1.82) is 0 Å². The minimum absolute atomic E-state index is 0.0639. The van der Waals surface area contributed by atoms with Crippen LogP contribution in [0.1, 0.15) is 35.6 Å². The summed E-state index contributed by atoms with van der Waals surface area (Å²) in [7, 11) is 3.14. The second-order valence-corrected chi connectivity index (χ2v) is 10.9. The predicted octanol–water partition coefficient (Wildman–Crippen LogP) is 1.63. The van der Waals surface area contributed by atoms with Gasteiger partial charge >= 0.3 is 5.97 Å². The summed E-state index contributed by atoms with van der Waals surface area (Å²) in [5, 5.41) is 21.9. The van der Waals surface area contributed by atoms with Gasteiger partial charge < -0.3 is 52.8 Å². The van der Waals surface area contributed by atoms with Crippen LogP contribution in [0.3, 0.4) is 0 Å². The van der Waals surface area contributed by atoms with E-state index in [1.165, 1.54) is 0 Å². The first kappa shape index (κ1) is 26.7. The van der Waals surface area contributed by atoms with E-state index in [1.807, 2.05) is 24.3 Å². The minimum Gasteiger partial charge on any atom is -0.497 e. The van der Waals surface area contributed by atoms with Crippen LogP contribution in [0.25, 0.3) is 0 Å². The van der Waals surface area contributed by atoms with Crippen LogP contribution in [0.4, 0.5) is 0 Å². The van der Waals surface area contributed by atoms with Crippen LogP contribution >= 0.6 is 0 Å². The number of aliphatic hydroxyl groups excluding tert-OH is 2. The highest BCUT2D eigenvalue weighted by Gasteiger charge is 2.56. The van der Waals surface area contributed by atoms with Gasteiger partial charge in [0.25, 0.3) is 0 Å². The summed E-state index contributed by atoms with van der Waals surface area (Å²) in [4.78, 5) is 13.4. The molecule has 1 aliphatic carbocycles. The Labute approximate surface area is 235 Å². The van der Waals surface area contributed by atoms with Gasteiger partial charge in [-0.25, -0.2) is 0 Å². The molecule has 3 saturated heterocycles. The van der Waals surface area contributed by atoms with E-state index in [2.05, 4.69) is 0 Å². The molecule has 3 fully saturated rings. The number of esters is 1. The predicted molar refractivity (Wildman–Crippen MR) is 137 cm³/mol. The zero-order valence-electron chi connectivity index (χ0n) is 22.8. The second kappa shape index (κ2) is 10.3. The molecule has 220 valence electrons. The number of hydrogen-bond acceptors (Lipinski definition) is 12. The van der Waals surface area contributed by atoms with Gasteiger partial charge in [0.15, 0.2) is 24.1 Å². The molecule has 5 aliphatic rings. The normalized spacial score (nSPS) is 37.0. The molecule has 2 aromatic rings. The maximum absolute atomic E-state index is 13.4. The molecule has 2 aromatic carbocycles. The molecule has 7 rings (SSSR count). The molecule has 0 amide bonds. The van der Waals surface area contributed by atoms with Crippen LogP contribution in [0, 0.1) is 11.8 Å². The van der Waals surface area contributed by atoms with Crippen LogP contribution in [0.15, 0.2) is 30.3 Å². The van der Waals surface area contributed by atoms with E-state index in [0.29, 0.717) is 23.0 Å². The molecule has 4 aliphatic heterocycles. The maximum Gasteiger partial charge on any atom is 0.310 e. The third-order valence-electron chi connectivity index (χ3n) is 8.62. The van der Waals surface area contributed by atoms with Crippen molar-refractivity contribution in [3.63, 3.8) is 0 Å². The molecule has 12 nitrogen and oxygen atoms in total. The van der Waals surface area contributed by atoms with Crippen molar-refractivity contribution in [2.24, 2.45) is 11.8 Å². The number of aliphatic hydroxyl groups is 2. The number of benzene rings is 2. The lowest BCUT2D eigenvalue weighted by molar-refractivity contribution is -0.364. The van der Waals surface area contributed by atoms with E-state index >= 15 is 0 Å². The van der Waals surface area contributed by atoms with Crippen LogP contribution in [-0.4, -0.2) is 87.4 Å². The lowest BCUT2D eigenvalue weighted by Crippen LogP contribution is -2.63. The van der Waals surface area contributed by atoms with Crippen molar-refractivity contribution in [1.82, 2.24) is 0 Å². The fourth-order valence-electron chi connectivity index (χ4n) is 6.65. The molecule has 2 N–H and O–H groups in total. The Balaban J connectivity index is 1.31. The van der Waals surface area contributed by atoms with Crippen LogP contribution in [-0.2, 0) is 28.5 Å². The van der Waals surface area contributed by atoms with Gasteiger partial charge in [-0.15, -0.1) is 0 Å². The third-order valence-corrected chi connectivity index (χ3v) is 8.62. The lowest BCUT2D eigenvalue weighted by Gasteiger charge is -2.47. The maximum atomic E-state index is 13.4. The standard InChI is InChI=1S/C29H32O12/c1-12-35-10-21-27(39-12)24(30)25(31)29(40-21)41-26-17-8-20-19(37-11-38-20)7-16(17)22(23-18(26)9-36-28(23)32)13-4-14(33-2)6-15(5-13)34-3/h4-8,12,18,21-27,29-31H,9-11H2,1-3H3/t12-,18+,21-,22-,23+,24-,25-,26-,27-,29+/m1/s1. The molecule has 0 spiro atoms. The summed E-state index contributed by atoms with van der Waals surface area (Å²) in [6, 6.07) is 9.22. The molecule has 41 heavy (non-hydrogen) atoms. The van der Waals surface area contributed by atoms with Gasteiger partial charge in [0, 0.05) is 17.9 Å². The third kappa shape index (κ3) is 4.41. The molecule has 0 aromatic heterocycles. The Morgan fingerprint density at radius 2 is 1.56 bits per heavy atom.